The van der Waals surface area contributed by atoms with E-state index in [2.05, 4.69) is 10.3 Å². The lowest BCUT2D eigenvalue weighted by Crippen LogP contribution is -2.21. The van der Waals surface area contributed by atoms with E-state index in [1.165, 1.54) is 36.7 Å². The Kier molecular flexibility index (Phi) is 4.29. The third kappa shape index (κ3) is 3.39. The van der Waals surface area contributed by atoms with Crippen LogP contribution in [0.4, 0.5) is 0 Å². The van der Waals surface area contributed by atoms with Crippen LogP contribution in [-0.4, -0.2) is 28.2 Å². The van der Waals surface area contributed by atoms with Crippen LogP contribution in [0.2, 0.25) is 0 Å². The van der Waals surface area contributed by atoms with Gasteiger partial charge in [-0.15, -0.1) is 0 Å². The Hall–Kier alpha value is -2.08. The number of hydrogen-bond donors (Lipinski definition) is 2. The van der Waals surface area contributed by atoms with Crippen molar-refractivity contribution in [3.63, 3.8) is 0 Å². The minimum Gasteiger partial charge on any atom is -0.478 e. The van der Waals surface area contributed by atoms with Crippen LogP contribution < -0.4 is 5.32 Å². The predicted molar refractivity (Wildman–Crippen MR) is 86.8 cm³/mol. The van der Waals surface area contributed by atoms with Crippen molar-refractivity contribution in [3.8, 4) is 0 Å². The number of aliphatic imine (C=N–C) groups is 1. The fourth-order valence-electron chi connectivity index (χ4n) is 2.56. The highest BCUT2D eigenvalue weighted by Crippen LogP contribution is 2.29. The molecule has 1 aliphatic carbocycles. The smallest absolute Gasteiger partial charge is 0.335 e. The average Bonchev–Trinajstić information content (AvgIpc) is 3.11. The SMILES string of the molecule is O=C1NC(=NC2CCCC2)S/C1=C\c1ccc(C(=O)O)cc1. The Morgan fingerprint density at radius 2 is 1.95 bits per heavy atom. The van der Waals surface area contributed by atoms with Crippen molar-refractivity contribution in [3.05, 3.63) is 40.3 Å². The summed E-state index contributed by atoms with van der Waals surface area (Å²) < 4.78 is 0. The van der Waals surface area contributed by atoms with Gasteiger partial charge < -0.3 is 10.4 Å². The molecule has 1 saturated carbocycles. The molecule has 1 amide bonds. The normalized spacial score (nSPS) is 22.5. The Labute approximate surface area is 132 Å². The lowest BCUT2D eigenvalue weighted by molar-refractivity contribution is -0.115. The van der Waals surface area contributed by atoms with E-state index < -0.39 is 5.97 Å². The molecular formula is C16H16N2O3S. The quantitative estimate of drug-likeness (QED) is 0.840. The van der Waals surface area contributed by atoms with E-state index in [0.717, 1.165) is 18.4 Å². The van der Waals surface area contributed by atoms with Gasteiger partial charge in [0.1, 0.15) is 0 Å². The number of carbonyl (C=O) groups excluding carboxylic acids is 1. The number of rotatable bonds is 3. The van der Waals surface area contributed by atoms with Crippen molar-refractivity contribution < 1.29 is 14.7 Å². The van der Waals surface area contributed by atoms with Crippen LogP contribution in [-0.2, 0) is 4.79 Å². The fraction of sp³-hybridized carbons (Fsp3) is 0.312. The maximum atomic E-state index is 12.0. The molecule has 0 spiro atoms. The monoisotopic (exact) mass is 316 g/mol. The minimum atomic E-state index is -0.960. The van der Waals surface area contributed by atoms with Gasteiger partial charge >= 0.3 is 5.97 Å². The van der Waals surface area contributed by atoms with Gasteiger partial charge in [0, 0.05) is 0 Å². The number of aromatic carboxylic acids is 1. The lowest BCUT2D eigenvalue weighted by atomic mass is 10.1. The van der Waals surface area contributed by atoms with Gasteiger partial charge in [-0.1, -0.05) is 25.0 Å². The summed E-state index contributed by atoms with van der Waals surface area (Å²) in [7, 11) is 0. The first-order valence-corrected chi connectivity index (χ1v) is 8.05. The molecule has 1 saturated heterocycles. The fourth-order valence-corrected chi connectivity index (χ4v) is 3.45. The number of hydrogen-bond acceptors (Lipinski definition) is 4. The van der Waals surface area contributed by atoms with Crippen LogP contribution in [0.1, 0.15) is 41.6 Å². The Balaban J connectivity index is 1.73. The summed E-state index contributed by atoms with van der Waals surface area (Å²) in [5.74, 6) is -1.11. The molecule has 2 aliphatic rings. The molecule has 1 aliphatic heterocycles. The van der Waals surface area contributed by atoms with E-state index in [-0.39, 0.29) is 11.5 Å². The van der Waals surface area contributed by atoms with Gasteiger partial charge in [-0.3, -0.25) is 9.79 Å². The Bertz CT molecular complexity index is 658. The highest BCUT2D eigenvalue weighted by molar-refractivity contribution is 8.18. The molecule has 6 heteroatoms. The lowest BCUT2D eigenvalue weighted by Gasteiger charge is -2.02. The Morgan fingerprint density at radius 1 is 1.27 bits per heavy atom. The molecule has 1 aromatic rings. The van der Waals surface area contributed by atoms with Crippen molar-refractivity contribution in [2.75, 3.05) is 0 Å². The predicted octanol–water partition coefficient (Wildman–Crippen LogP) is 2.89. The zero-order valence-electron chi connectivity index (χ0n) is 11.9. The van der Waals surface area contributed by atoms with Gasteiger partial charge in [-0.25, -0.2) is 4.79 Å². The van der Waals surface area contributed by atoms with Crippen LogP contribution in [0, 0.1) is 0 Å². The molecule has 22 heavy (non-hydrogen) atoms. The van der Waals surface area contributed by atoms with Gasteiger partial charge in [0.15, 0.2) is 5.17 Å². The number of carboxylic acid groups (broad SMARTS) is 1. The molecule has 0 radical (unpaired) electrons. The summed E-state index contributed by atoms with van der Waals surface area (Å²) >= 11 is 1.35. The number of thioether (sulfide) groups is 1. The summed E-state index contributed by atoms with van der Waals surface area (Å²) in [5, 5.41) is 12.3. The van der Waals surface area contributed by atoms with Crippen LogP contribution in [0.25, 0.3) is 6.08 Å². The first kappa shape index (κ1) is 14.8. The minimum absolute atomic E-state index is 0.149. The van der Waals surface area contributed by atoms with E-state index in [9.17, 15) is 9.59 Å². The number of nitrogens with zero attached hydrogens (tertiary/aromatic N) is 1. The standard InChI is InChI=1S/C16H16N2O3S/c19-14-13(9-10-5-7-11(8-6-10)15(20)21)22-16(18-14)17-12-3-1-2-4-12/h5-9,12H,1-4H2,(H,20,21)(H,17,18,19)/b13-9-. The number of benzene rings is 1. The maximum Gasteiger partial charge on any atom is 0.335 e. The number of carbonyl (C=O) groups is 2. The highest BCUT2D eigenvalue weighted by Gasteiger charge is 2.25. The number of amidine groups is 1. The van der Waals surface area contributed by atoms with Gasteiger partial charge in [-0.05, 0) is 48.4 Å². The van der Waals surface area contributed by atoms with Crippen molar-refractivity contribution in [1.29, 1.82) is 0 Å². The summed E-state index contributed by atoms with van der Waals surface area (Å²) in [6.07, 6.45) is 6.35. The molecular weight excluding hydrogens is 300 g/mol. The average molecular weight is 316 g/mol. The van der Waals surface area contributed by atoms with Crippen molar-refractivity contribution in [2.24, 2.45) is 4.99 Å². The molecule has 0 atom stereocenters. The van der Waals surface area contributed by atoms with Gasteiger partial charge in [0.25, 0.3) is 5.91 Å². The van der Waals surface area contributed by atoms with E-state index in [4.69, 9.17) is 5.11 Å². The van der Waals surface area contributed by atoms with Gasteiger partial charge in [0.2, 0.25) is 0 Å². The van der Waals surface area contributed by atoms with Gasteiger partial charge in [0.05, 0.1) is 16.5 Å². The van der Waals surface area contributed by atoms with E-state index in [1.54, 1.807) is 18.2 Å². The molecule has 1 aromatic carbocycles. The second kappa shape index (κ2) is 6.36. The van der Waals surface area contributed by atoms with Gasteiger partial charge in [-0.2, -0.15) is 0 Å². The largest absolute Gasteiger partial charge is 0.478 e. The topological polar surface area (TPSA) is 78.8 Å². The number of amides is 1. The highest BCUT2D eigenvalue weighted by atomic mass is 32.2. The first-order chi connectivity index (χ1) is 10.6. The van der Waals surface area contributed by atoms with Crippen LogP contribution in [0.15, 0.2) is 34.2 Å². The molecule has 0 unspecified atom stereocenters. The zero-order chi connectivity index (χ0) is 15.5. The summed E-state index contributed by atoms with van der Waals surface area (Å²) in [6.45, 7) is 0. The van der Waals surface area contributed by atoms with E-state index in [1.807, 2.05) is 0 Å². The molecule has 1 heterocycles. The second-order valence-corrected chi connectivity index (χ2v) is 6.40. The third-order valence-corrected chi connectivity index (χ3v) is 4.65. The van der Waals surface area contributed by atoms with Crippen LogP contribution in [0.5, 0.6) is 0 Å². The van der Waals surface area contributed by atoms with Crippen LogP contribution >= 0.6 is 11.8 Å². The second-order valence-electron chi connectivity index (χ2n) is 5.36. The van der Waals surface area contributed by atoms with Crippen molar-refractivity contribution >= 4 is 34.9 Å². The molecule has 0 aromatic heterocycles. The molecule has 0 bridgehead atoms. The number of nitrogens with one attached hydrogen (secondary N) is 1. The van der Waals surface area contributed by atoms with Crippen molar-refractivity contribution in [1.82, 2.24) is 5.32 Å². The zero-order valence-corrected chi connectivity index (χ0v) is 12.7. The molecule has 3 rings (SSSR count). The molecule has 114 valence electrons. The van der Waals surface area contributed by atoms with Crippen molar-refractivity contribution in [2.45, 2.75) is 31.7 Å². The third-order valence-electron chi connectivity index (χ3n) is 3.73. The first-order valence-electron chi connectivity index (χ1n) is 7.24. The Morgan fingerprint density at radius 3 is 2.59 bits per heavy atom. The summed E-state index contributed by atoms with van der Waals surface area (Å²) in [6, 6.07) is 6.77. The summed E-state index contributed by atoms with van der Waals surface area (Å²) in [4.78, 5) is 27.9. The van der Waals surface area contributed by atoms with Crippen LogP contribution in [0.3, 0.4) is 0 Å². The number of carboxylic acids is 1. The van der Waals surface area contributed by atoms with E-state index in [0.29, 0.717) is 16.1 Å². The molecule has 2 N–H and O–H groups in total. The maximum absolute atomic E-state index is 12.0. The molecule has 5 nitrogen and oxygen atoms in total. The summed E-state index contributed by atoms with van der Waals surface area (Å²) in [5.41, 5.74) is 1.03. The van der Waals surface area contributed by atoms with E-state index >= 15 is 0 Å². The molecule has 2 fully saturated rings.